The Morgan fingerprint density at radius 1 is 1.03 bits per heavy atom. The van der Waals surface area contributed by atoms with Crippen molar-refractivity contribution < 1.29 is 19.1 Å². The molecular weight excluding hydrogens is 380 g/mol. The van der Waals surface area contributed by atoms with Gasteiger partial charge in [0.1, 0.15) is 5.75 Å². The molecule has 1 fully saturated rings. The van der Waals surface area contributed by atoms with Gasteiger partial charge < -0.3 is 10.1 Å². The third kappa shape index (κ3) is 3.73. The van der Waals surface area contributed by atoms with Crippen molar-refractivity contribution in [3.63, 3.8) is 0 Å². The minimum atomic E-state index is -0.274. The molecule has 1 saturated heterocycles. The van der Waals surface area contributed by atoms with Crippen molar-refractivity contribution in [1.29, 1.82) is 0 Å². The van der Waals surface area contributed by atoms with Crippen LogP contribution in [-0.2, 0) is 9.59 Å². The molecule has 0 spiro atoms. The van der Waals surface area contributed by atoms with E-state index in [-0.39, 0.29) is 29.6 Å². The van der Waals surface area contributed by atoms with Crippen LogP contribution < -0.4 is 15.0 Å². The number of hydrogen-bond donors (Lipinski definition) is 1. The van der Waals surface area contributed by atoms with Gasteiger partial charge in [-0.15, -0.1) is 0 Å². The van der Waals surface area contributed by atoms with Crippen LogP contribution in [0.4, 0.5) is 11.4 Å². The van der Waals surface area contributed by atoms with Crippen molar-refractivity contribution >= 4 is 29.1 Å². The fraction of sp³-hybridized carbons (Fsp3) is 0.292. The zero-order valence-electron chi connectivity index (χ0n) is 17.1. The molecule has 0 radical (unpaired) electrons. The summed E-state index contributed by atoms with van der Waals surface area (Å²) in [7, 11) is 0. The van der Waals surface area contributed by atoms with Gasteiger partial charge >= 0.3 is 0 Å². The molecule has 2 aliphatic rings. The van der Waals surface area contributed by atoms with E-state index in [2.05, 4.69) is 5.32 Å². The first kappa shape index (κ1) is 19.9. The quantitative estimate of drug-likeness (QED) is 0.599. The predicted octanol–water partition coefficient (Wildman–Crippen LogP) is 4.18. The van der Waals surface area contributed by atoms with Crippen molar-refractivity contribution in [2.75, 3.05) is 16.8 Å². The number of nitrogens with zero attached hydrogens (tertiary/aromatic N) is 1. The van der Waals surface area contributed by atoms with Gasteiger partial charge in [-0.2, -0.15) is 0 Å². The third-order valence-electron chi connectivity index (χ3n) is 5.63. The maximum atomic E-state index is 12.8. The van der Waals surface area contributed by atoms with Crippen molar-refractivity contribution in [3.05, 3.63) is 65.7 Å². The molecule has 3 amide bonds. The van der Waals surface area contributed by atoms with Gasteiger partial charge in [-0.3, -0.25) is 19.3 Å². The Kier molecular flexibility index (Phi) is 5.40. The number of benzene rings is 2. The number of amides is 3. The summed E-state index contributed by atoms with van der Waals surface area (Å²) in [4.78, 5) is 39.4. The van der Waals surface area contributed by atoms with E-state index in [9.17, 15) is 14.4 Å². The Hall–Kier alpha value is -3.41. The lowest BCUT2D eigenvalue weighted by atomic mass is 9.82. The predicted molar refractivity (Wildman–Crippen MR) is 114 cm³/mol. The first-order chi connectivity index (χ1) is 14.5. The second-order valence-corrected chi connectivity index (χ2v) is 7.67. The van der Waals surface area contributed by atoms with E-state index < -0.39 is 0 Å². The number of imide groups is 1. The van der Waals surface area contributed by atoms with Crippen molar-refractivity contribution in [1.82, 2.24) is 0 Å². The lowest BCUT2D eigenvalue weighted by molar-refractivity contribution is -0.122. The van der Waals surface area contributed by atoms with Gasteiger partial charge in [0.05, 0.1) is 24.1 Å². The Morgan fingerprint density at radius 3 is 2.37 bits per heavy atom. The maximum Gasteiger partial charge on any atom is 0.255 e. The van der Waals surface area contributed by atoms with Gasteiger partial charge in [0.25, 0.3) is 5.91 Å². The first-order valence-corrected chi connectivity index (χ1v) is 10.2. The summed E-state index contributed by atoms with van der Waals surface area (Å²) in [6.45, 7) is 4.49. The first-order valence-electron chi connectivity index (χ1n) is 10.2. The molecule has 0 aromatic heterocycles. The lowest BCUT2D eigenvalue weighted by Crippen LogP contribution is -2.30. The molecule has 2 aromatic rings. The summed E-state index contributed by atoms with van der Waals surface area (Å²) in [6, 6.07) is 13.7. The number of allylic oxidation sites excluding steroid dienone is 2. The highest BCUT2D eigenvalue weighted by atomic mass is 16.5. The van der Waals surface area contributed by atoms with Crippen molar-refractivity contribution in [2.24, 2.45) is 11.8 Å². The van der Waals surface area contributed by atoms with E-state index in [1.807, 2.05) is 19.9 Å². The van der Waals surface area contributed by atoms with Crippen LogP contribution in [0.3, 0.4) is 0 Å². The fourth-order valence-corrected chi connectivity index (χ4v) is 4.06. The molecule has 0 unspecified atom stereocenters. The second kappa shape index (κ2) is 8.14. The topological polar surface area (TPSA) is 75.7 Å². The zero-order valence-corrected chi connectivity index (χ0v) is 17.1. The highest BCUT2D eigenvalue weighted by molar-refractivity contribution is 6.22. The summed E-state index contributed by atoms with van der Waals surface area (Å²) >= 11 is 0. The monoisotopic (exact) mass is 404 g/mol. The molecule has 2 atom stereocenters. The molecule has 154 valence electrons. The summed E-state index contributed by atoms with van der Waals surface area (Å²) in [5.41, 5.74) is 2.77. The molecule has 1 N–H and O–H groups in total. The molecule has 6 heteroatoms. The lowest BCUT2D eigenvalue weighted by Gasteiger charge is -2.18. The number of anilines is 2. The SMILES string of the molecule is CCOc1ccc(NC(=O)c2ccc(N3C(=O)[C@@H]4CC=C(C)C[C@H]4C3=O)cc2)cc1. The molecule has 4 rings (SSSR count). The smallest absolute Gasteiger partial charge is 0.255 e. The summed E-state index contributed by atoms with van der Waals surface area (Å²) in [6.07, 6.45) is 3.29. The van der Waals surface area contributed by atoms with E-state index in [1.165, 1.54) is 4.90 Å². The normalized spacial score (nSPS) is 20.6. The molecule has 2 aromatic carbocycles. The standard InChI is InChI=1S/C24H24N2O4/c1-3-30-19-11-7-17(8-12-19)25-22(27)16-5-9-18(10-6-16)26-23(28)20-13-4-15(2)14-21(20)24(26)29/h4-12,20-21H,3,13-14H2,1-2H3,(H,25,27)/t20-,21-/m1/s1. The Morgan fingerprint density at radius 2 is 1.70 bits per heavy atom. The molecule has 30 heavy (non-hydrogen) atoms. The number of rotatable bonds is 5. The van der Waals surface area contributed by atoms with Gasteiger partial charge in [0.2, 0.25) is 11.8 Å². The van der Waals surface area contributed by atoms with Gasteiger partial charge in [0, 0.05) is 11.3 Å². The Balaban J connectivity index is 1.46. The van der Waals surface area contributed by atoms with Gasteiger partial charge in [-0.25, -0.2) is 0 Å². The van der Waals surface area contributed by atoms with E-state index in [0.29, 0.717) is 36.4 Å². The van der Waals surface area contributed by atoms with Crippen LogP contribution in [0.1, 0.15) is 37.0 Å². The van der Waals surface area contributed by atoms with Crippen LogP contribution >= 0.6 is 0 Å². The molecule has 0 bridgehead atoms. The average molecular weight is 404 g/mol. The average Bonchev–Trinajstić information content (AvgIpc) is 2.99. The number of hydrogen-bond acceptors (Lipinski definition) is 4. The Bertz CT molecular complexity index is 1010. The van der Waals surface area contributed by atoms with Crippen LogP contribution in [0.15, 0.2) is 60.2 Å². The fourth-order valence-electron chi connectivity index (χ4n) is 4.06. The number of ether oxygens (including phenoxy) is 1. The highest BCUT2D eigenvalue weighted by Gasteiger charge is 2.48. The Labute approximate surface area is 175 Å². The highest BCUT2D eigenvalue weighted by Crippen LogP contribution is 2.39. The maximum absolute atomic E-state index is 12.8. The van der Waals surface area contributed by atoms with Gasteiger partial charge in [-0.1, -0.05) is 11.6 Å². The number of fused-ring (bicyclic) bond motifs is 1. The third-order valence-corrected chi connectivity index (χ3v) is 5.63. The molecule has 6 nitrogen and oxygen atoms in total. The van der Waals surface area contributed by atoms with E-state index in [0.717, 1.165) is 11.3 Å². The molecule has 1 aliphatic carbocycles. The van der Waals surface area contributed by atoms with Crippen LogP contribution in [0.5, 0.6) is 5.75 Å². The largest absolute Gasteiger partial charge is 0.494 e. The molecule has 1 heterocycles. The summed E-state index contributed by atoms with van der Waals surface area (Å²) < 4.78 is 5.40. The van der Waals surface area contributed by atoms with Crippen LogP contribution in [0.25, 0.3) is 0 Å². The summed E-state index contributed by atoms with van der Waals surface area (Å²) in [5.74, 6) is -0.373. The minimum Gasteiger partial charge on any atom is -0.494 e. The zero-order chi connectivity index (χ0) is 21.3. The number of carbonyl (C=O) groups is 3. The van der Waals surface area contributed by atoms with E-state index in [1.54, 1.807) is 48.5 Å². The van der Waals surface area contributed by atoms with Crippen molar-refractivity contribution in [3.8, 4) is 5.75 Å². The summed E-state index contributed by atoms with van der Waals surface area (Å²) in [5, 5.41) is 2.83. The van der Waals surface area contributed by atoms with Crippen LogP contribution in [-0.4, -0.2) is 24.3 Å². The van der Waals surface area contributed by atoms with Crippen molar-refractivity contribution in [2.45, 2.75) is 26.7 Å². The molecular formula is C24H24N2O4. The molecule has 0 saturated carbocycles. The number of carbonyl (C=O) groups excluding carboxylic acids is 3. The molecule has 1 aliphatic heterocycles. The van der Waals surface area contributed by atoms with Gasteiger partial charge in [-0.05, 0) is 75.2 Å². The second-order valence-electron chi connectivity index (χ2n) is 7.67. The minimum absolute atomic E-state index is 0.149. The van der Waals surface area contributed by atoms with E-state index >= 15 is 0 Å². The van der Waals surface area contributed by atoms with Crippen LogP contribution in [0, 0.1) is 11.8 Å². The van der Waals surface area contributed by atoms with E-state index in [4.69, 9.17) is 4.74 Å². The number of nitrogens with one attached hydrogen (secondary N) is 1. The van der Waals surface area contributed by atoms with Crippen LogP contribution in [0.2, 0.25) is 0 Å². The van der Waals surface area contributed by atoms with Gasteiger partial charge in [0.15, 0.2) is 0 Å².